The summed E-state index contributed by atoms with van der Waals surface area (Å²) in [5.41, 5.74) is 2.05. The van der Waals surface area contributed by atoms with Gasteiger partial charge in [0, 0.05) is 12.5 Å². The Morgan fingerprint density at radius 3 is 2.53 bits per heavy atom. The number of fused-ring (bicyclic) bond motifs is 1. The van der Waals surface area contributed by atoms with Gasteiger partial charge in [-0.2, -0.15) is 0 Å². The van der Waals surface area contributed by atoms with E-state index in [0.29, 0.717) is 12.5 Å². The average molecular weight is 423 g/mol. The molecule has 0 bridgehead atoms. The van der Waals surface area contributed by atoms with Crippen LogP contribution < -0.4 is 10.6 Å². The highest BCUT2D eigenvalue weighted by Crippen LogP contribution is 2.34. The molecule has 4 rings (SSSR count). The summed E-state index contributed by atoms with van der Waals surface area (Å²) in [7, 11) is 0. The minimum Gasteiger partial charge on any atom is -0.334 e. The molecule has 2 N–H and O–H groups in total. The van der Waals surface area contributed by atoms with Crippen LogP contribution in [0.25, 0.3) is 10.2 Å². The average Bonchev–Trinajstić information content (AvgIpc) is 3.22. The number of nitrogens with one attached hydrogen (secondary N) is 2. The summed E-state index contributed by atoms with van der Waals surface area (Å²) >= 11 is 1.77. The van der Waals surface area contributed by atoms with Gasteiger partial charge in [-0.25, -0.2) is 9.78 Å². The highest BCUT2D eigenvalue weighted by molar-refractivity contribution is 7.18. The molecule has 1 aromatic heterocycles. The van der Waals surface area contributed by atoms with Gasteiger partial charge in [0.25, 0.3) is 0 Å². The summed E-state index contributed by atoms with van der Waals surface area (Å²) in [5, 5.41) is 6.39. The van der Waals surface area contributed by atoms with Crippen LogP contribution in [0.2, 0.25) is 0 Å². The van der Waals surface area contributed by atoms with E-state index in [0.717, 1.165) is 37.0 Å². The topological polar surface area (TPSA) is 74.3 Å². The van der Waals surface area contributed by atoms with Crippen molar-refractivity contribution in [1.82, 2.24) is 20.5 Å². The van der Waals surface area contributed by atoms with E-state index in [9.17, 15) is 9.59 Å². The van der Waals surface area contributed by atoms with Gasteiger partial charge >= 0.3 is 6.03 Å². The molecule has 3 amide bonds. The predicted molar refractivity (Wildman–Crippen MR) is 119 cm³/mol. The van der Waals surface area contributed by atoms with Crippen molar-refractivity contribution in [3.63, 3.8) is 0 Å². The monoisotopic (exact) mass is 422 g/mol. The van der Waals surface area contributed by atoms with Gasteiger partial charge < -0.3 is 5.32 Å². The van der Waals surface area contributed by atoms with Crippen molar-refractivity contribution in [2.45, 2.75) is 38.3 Å². The Morgan fingerprint density at radius 1 is 1.10 bits per heavy atom. The highest BCUT2D eigenvalue weighted by atomic mass is 32.1. The van der Waals surface area contributed by atoms with E-state index in [1.54, 1.807) is 11.3 Å². The minimum atomic E-state index is -0.458. The molecule has 156 valence electrons. The van der Waals surface area contributed by atoms with E-state index in [-0.39, 0.29) is 11.9 Å². The smallest absolute Gasteiger partial charge is 0.321 e. The third-order valence-corrected chi connectivity index (χ3v) is 6.85. The van der Waals surface area contributed by atoms with Crippen LogP contribution in [0.1, 0.15) is 36.3 Å². The number of amides is 3. The van der Waals surface area contributed by atoms with Gasteiger partial charge in [-0.3, -0.25) is 15.0 Å². The zero-order valence-corrected chi connectivity index (χ0v) is 17.8. The van der Waals surface area contributed by atoms with Crippen LogP contribution in [-0.4, -0.2) is 41.0 Å². The van der Waals surface area contributed by atoms with Crippen LogP contribution in [0.3, 0.4) is 0 Å². The Morgan fingerprint density at radius 2 is 1.80 bits per heavy atom. The first-order valence-electron chi connectivity index (χ1n) is 10.3. The van der Waals surface area contributed by atoms with Crippen LogP contribution in [0.15, 0.2) is 54.6 Å². The minimum absolute atomic E-state index is 0.265. The van der Waals surface area contributed by atoms with Gasteiger partial charge in [-0.1, -0.05) is 42.5 Å². The van der Waals surface area contributed by atoms with Crippen LogP contribution >= 0.6 is 11.3 Å². The molecule has 3 aromatic rings. The molecular weight excluding hydrogens is 396 g/mol. The molecule has 6 nitrogen and oxygen atoms in total. The number of carbonyl (C=O) groups is 2. The number of urea groups is 1. The maximum absolute atomic E-state index is 12.5. The number of thiazole rings is 1. The normalized spacial score (nSPS) is 16.3. The summed E-state index contributed by atoms with van der Waals surface area (Å²) in [6.07, 6.45) is 1.94. The number of likely N-dealkylation sites (tertiary alicyclic amines) is 1. The summed E-state index contributed by atoms with van der Waals surface area (Å²) in [6, 6.07) is 17.0. The fraction of sp³-hybridized carbons (Fsp3) is 0.348. The molecule has 1 aliphatic rings. The van der Waals surface area contributed by atoms with Crippen molar-refractivity contribution in [2.75, 3.05) is 13.1 Å². The van der Waals surface area contributed by atoms with Gasteiger partial charge in [-0.05, 0) is 50.6 Å². The molecule has 0 saturated carbocycles. The molecule has 0 radical (unpaired) electrons. The molecule has 1 saturated heterocycles. The molecule has 1 aliphatic heterocycles. The molecular formula is C23H26N4O2S. The SMILES string of the molecule is C[C@H](C(=O)NC(=O)NCc1ccccc1)N1CCC(c2nc3ccccc3s2)CC1. The zero-order chi connectivity index (χ0) is 20.9. The van der Waals surface area contributed by atoms with Gasteiger partial charge in [0.15, 0.2) is 0 Å². The largest absolute Gasteiger partial charge is 0.334 e. The molecule has 30 heavy (non-hydrogen) atoms. The Kier molecular flexibility index (Phi) is 6.40. The number of imide groups is 1. The number of rotatable bonds is 5. The lowest BCUT2D eigenvalue weighted by atomic mass is 9.96. The molecule has 7 heteroatoms. The van der Waals surface area contributed by atoms with Crippen LogP contribution in [0, 0.1) is 0 Å². The third kappa shape index (κ3) is 4.86. The summed E-state index contributed by atoms with van der Waals surface area (Å²) in [4.78, 5) is 31.5. The lowest BCUT2D eigenvalue weighted by Gasteiger charge is -2.34. The fourth-order valence-electron chi connectivity index (χ4n) is 3.80. The Bertz CT molecular complexity index is 979. The second kappa shape index (κ2) is 9.36. The van der Waals surface area contributed by atoms with E-state index in [2.05, 4.69) is 27.7 Å². The molecule has 2 aromatic carbocycles. The maximum atomic E-state index is 12.5. The van der Waals surface area contributed by atoms with Gasteiger partial charge in [0.05, 0.1) is 21.3 Å². The summed E-state index contributed by atoms with van der Waals surface area (Å²) in [5.74, 6) is 0.169. The number of piperidine rings is 1. The number of hydrogen-bond donors (Lipinski definition) is 2. The number of hydrogen-bond acceptors (Lipinski definition) is 5. The quantitative estimate of drug-likeness (QED) is 0.654. The van der Waals surface area contributed by atoms with E-state index >= 15 is 0 Å². The summed E-state index contributed by atoms with van der Waals surface area (Å²) < 4.78 is 1.23. The number of para-hydroxylation sites is 1. The molecule has 0 aliphatic carbocycles. The number of aromatic nitrogens is 1. The van der Waals surface area contributed by atoms with Gasteiger partial charge in [0.2, 0.25) is 5.91 Å². The summed E-state index contributed by atoms with van der Waals surface area (Å²) in [6.45, 7) is 3.89. The van der Waals surface area contributed by atoms with Crippen molar-refractivity contribution in [3.05, 3.63) is 65.2 Å². The molecule has 0 spiro atoms. The van der Waals surface area contributed by atoms with Crippen molar-refractivity contribution < 1.29 is 9.59 Å². The Labute approximate surface area is 180 Å². The van der Waals surface area contributed by atoms with Crippen LogP contribution in [-0.2, 0) is 11.3 Å². The molecule has 0 unspecified atom stereocenters. The van der Waals surface area contributed by atoms with Crippen LogP contribution in [0.5, 0.6) is 0 Å². The van der Waals surface area contributed by atoms with Gasteiger partial charge in [-0.15, -0.1) is 11.3 Å². The van der Waals surface area contributed by atoms with Crippen molar-refractivity contribution in [2.24, 2.45) is 0 Å². The number of carbonyl (C=O) groups excluding carboxylic acids is 2. The molecule has 1 fully saturated rings. The van der Waals surface area contributed by atoms with Crippen LogP contribution in [0.4, 0.5) is 4.79 Å². The number of nitrogens with zero attached hydrogens (tertiary/aromatic N) is 2. The maximum Gasteiger partial charge on any atom is 0.321 e. The van der Waals surface area contributed by atoms with E-state index in [1.807, 2.05) is 49.4 Å². The van der Waals surface area contributed by atoms with E-state index in [1.165, 1.54) is 9.71 Å². The third-order valence-electron chi connectivity index (χ3n) is 5.65. The Balaban J connectivity index is 1.25. The first kappa shape index (κ1) is 20.5. The highest BCUT2D eigenvalue weighted by Gasteiger charge is 2.29. The number of benzene rings is 2. The van der Waals surface area contributed by atoms with Crippen molar-refractivity contribution in [1.29, 1.82) is 0 Å². The zero-order valence-electron chi connectivity index (χ0n) is 17.0. The molecule has 2 heterocycles. The fourth-order valence-corrected chi connectivity index (χ4v) is 4.94. The van der Waals surface area contributed by atoms with E-state index < -0.39 is 6.03 Å². The lowest BCUT2D eigenvalue weighted by Crippen LogP contribution is -2.51. The second-order valence-electron chi connectivity index (χ2n) is 7.66. The Hall–Kier alpha value is -2.77. The van der Waals surface area contributed by atoms with Crippen molar-refractivity contribution in [3.8, 4) is 0 Å². The predicted octanol–water partition coefficient (Wildman–Crippen LogP) is 3.89. The lowest BCUT2D eigenvalue weighted by molar-refractivity contribution is -0.125. The first-order valence-corrected chi connectivity index (χ1v) is 11.1. The standard InChI is InChI=1S/C23H26N4O2S/c1-16(21(28)26-23(29)24-15-17-7-3-2-4-8-17)27-13-11-18(12-14-27)22-25-19-9-5-6-10-20(19)30-22/h2-10,16,18H,11-15H2,1H3,(H2,24,26,28,29)/t16-/m1/s1. The van der Waals surface area contributed by atoms with E-state index in [4.69, 9.17) is 4.98 Å². The second-order valence-corrected chi connectivity index (χ2v) is 8.73. The van der Waals surface area contributed by atoms with Gasteiger partial charge in [0.1, 0.15) is 0 Å². The first-order chi connectivity index (χ1) is 14.6. The van der Waals surface area contributed by atoms with Crippen molar-refractivity contribution >= 4 is 33.5 Å². The molecule has 1 atom stereocenters.